The summed E-state index contributed by atoms with van der Waals surface area (Å²) in [5.41, 5.74) is 4.17. The van der Waals surface area contributed by atoms with Crippen LogP contribution in [0.15, 0.2) is 65.9 Å². The monoisotopic (exact) mass is 434 g/mol. The van der Waals surface area contributed by atoms with E-state index in [-0.39, 0.29) is 22.7 Å². The number of hydrazone groups is 1. The number of aryl methyl sites for hydroxylation is 1. The average Bonchev–Trinajstić information content (AvgIpc) is 2.80. The molecule has 0 unspecified atom stereocenters. The number of nitro groups is 1. The first-order chi connectivity index (χ1) is 15.4. The van der Waals surface area contributed by atoms with Crippen molar-refractivity contribution in [2.45, 2.75) is 6.92 Å². The van der Waals surface area contributed by atoms with E-state index in [0.29, 0.717) is 11.1 Å². The number of nitro benzene ring substituents is 1. The lowest BCUT2D eigenvalue weighted by Gasteiger charge is -2.10. The van der Waals surface area contributed by atoms with Crippen LogP contribution in [0.2, 0.25) is 0 Å². The molecule has 0 radical (unpaired) electrons. The normalized spacial score (nSPS) is 10.6. The molecule has 32 heavy (non-hydrogen) atoms. The fourth-order valence-corrected chi connectivity index (χ4v) is 2.56. The zero-order valence-electron chi connectivity index (χ0n) is 17.1. The summed E-state index contributed by atoms with van der Waals surface area (Å²) in [6, 6.07) is 13.1. The maximum atomic E-state index is 12.3. The van der Waals surface area contributed by atoms with E-state index in [9.17, 15) is 19.7 Å². The molecule has 1 aromatic heterocycles. The third-order valence-corrected chi connectivity index (χ3v) is 4.26. The fraction of sp³-hybridized carbons (Fsp3) is 0.0909. The second-order valence-electron chi connectivity index (χ2n) is 6.49. The van der Waals surface area contributed by atoms with Crippen molar-refractivity contribution in [1.29, 1.82) is 0 Å². The molecule has 0 spiro atoms. The molecule has 3 aromatic rings. The highest BCUT2D eigenvalue weighted by atomic mass is 16.6. The first kappa shape index (κ1) is 22.1. The van der Waals surface area contributed by atoms with Crippen molar-refractivity contribution < 1.29 is 24.0 Å². The van der Waals surface area contributed by atoms with Gasteiger partial charge in [0.1, 0.15) is 0 Å². The molecule has 3 rings (SSSR count). The van der Waals surface area contributed by atoms with Crippen molar-refractivity contribution in [2.24, 2.45) is 5.10 Å². The number of carbonyl (C=O) groups excluding carboxylic acids is 2. The minimum Gasteiger partial charge on any atom is -0.493 e. The van der Waals surface area contributed by atoms with Crippen molar-refractivity contribution in [2.75, 3.05) is 7.11 Å². The summed E-state index contributed by atoms with van der Waals surface area (Å²) < 4.78 is 10.6. The van der Waals surface area contributed by atoms with Crippen molar-refractivity contribution in [3.63, 3.8) is 0 Å². The Hall–Kier alpha value is -4.60. The fourth-order valence-electron chi connectivity index (χ4n) is 2.56. The molecular formula is C22H18N4O6. The minimum atomic E-state index is -0.696. The van der Waals surface area contributed by atoms with E-state index in [0.717, 1.165) is 5.69 Å². The summed E-state index contributed by atoms with van der Waals surface area (Å²) in [5, 5.41) is 14.6. The average molecular weight is 434 g/mol. The highest BCUT2D eigenvalue weighted by Crippen LogP contribution is 2.28. The van der Waals surface area contributed by atoms with E-state index in [1.165, 1.54) is 49.9 Å². The molecule has 0 atom stereocenters. The number of hydrogen-bond acceptors (Lipinski definition) is 8. The van der Waals surface area contributed by atoms with Crippen LogP contribution in [0.1, 0.15) is 32.0 Å². The van der Waals surface area contributed by atoms with Crippen LogP contribution < -0.4 is 14.9 Å². The van der Waals surface area contributed by atoms with Crippen molar-refractivity contribution in [3.05, 3.63) is 93.3 Å². The number of ether oxygens (including phenoxy) is 2. The molecule has 0 saturated heterocycles. The van der Waals surface area contributed by atoms with E-state index in [1.54, 1.807) is 24.3 Å². The number of rotatable bonds is 7. The summed E-state index contributed by atoms with van der Waals surface area (Å²) >= 11 is 0. The third-order valence-electron chi connectivity index (χ3n) is 4.26. The van der Waals surface area contributed by atoms with Crippen LogP contribution >= 0.6 is 0 Å². The van der Waals surface area contributed by atoms with Gasteiger partial charge in [-0.05, 0) is 55.0 Å². The van der Waals surface area contributed by atoms with Gasteiger partial charge < -0.3 is 9.47 Å². The Morgan fingerprint density at radius 2 is 1.78 bits per heavy atom. The Morgan fingerprint density at radius 3 is 2.41 bits per heavy atom. The number of non-ortho nitro benzene ring substituents is 1. The van der Waals surface area contributed by atoms with E-state index in [4.69, 9.17) is 9.47 Å². The Kier molecular flexibility index (Phi) is 6.86. The van der Waals surface area contributed by atoms with Gasteiger partial charge in [-0.3, -0.25) is 19.9 Å². The van der Waals surface area contributed by atoms with Gasteiger partial charge in [0.25, 0.3) is 11.6 Å². The number of nitrogens with zero attached hydrogens (tertiary/aromatic N) is 3. The van der Waals surface area contributed by atoms with Crippen LogP contribution in [-0.2, 0) is 0 Å². The first-order valence-electron chi connectivity index (χ1n) is 9.28. The molecule has 2 aromatic carbocycles. The molecule has 0 bridgehead atoms. The summed E-state index contributed by atoms with van der Waals surface area (Å²) in [5.74, 6) is -0.686. The van der Waals surface area contributed by atoms with Gasteiger partial charge in [0, 0.05) is 24.0 Å². The Morgan fingerprint density at radius 1 is 1.06 bits per heavy atom. The van der Waals surface area contributed by atoms with Gasteiger partial charge in [-0.2, -0.15) is 5.10 Å². The van der Waals surface area contributed by atoms with Gasteiger partial charge in [0.15, 0.2) is 11.5 Å². The number of benzene rings is 2. The molecule has 0 aliphatic heterocycles. The van der Waals surface area contributed by atoms with Crippen molar-refractivity contribution in [1.82, 2.24) is 10.4 Å². The predicted molar refractivity (Wildman–Crippen MR) is 115 cm³/mol. The molecule has 0 aliphatic rings. The number of carbonyl (C=O) groups is 2. The van der Waals surface area contributed by atoms with E-state index in [2.05, 4.69) is 15.5 Å². The smallest absolute Gasteiger partial charge is 0.343 e. The Balaban J connectivity index is 1.66. The standard InChI is InChI=1S/C22H18N4O6/c1-14-3-5-17(13-23-14)21(27)25-24-12-15-4-10-19(20(11-15)31-2)32-22(28)16-6-8-18(9-7-16)26(29)30/h3-13H,1-2H3,(H,25,27). The lowest BCUT2D eigenvalue weighted by atomic mass is 10.2. The molecule has 10 nitrogen and oxygen atoms in total. The molecular weight excluding hydrogens is 416 g/mol. The first-order valence-corrected chi connectivity index (χ1v) is 9.28. The molecule has 1 heterocycles. The van der Waals surface area contributed by atoms with Gasteiger partial charge in [-0.25, -0.2) is 10.2 Å². The summed E-state index contributed by atoms with van der Waals surface area (Å²) in [7, 11) is 1.41. The minimum absolute atomic E-state index is 0.131. The number of esters is 1. The number of aromatic nitrogens is 1. The van der Waals surface area contributed by atoms with Gasteiger partial charge in [0.05, 0.1) is 29.4 Å². The zero-order chi connectivity index (χ0) is 23.1. The Bertz CT molecular complexity index is 1170. The van der Waals surface area contributed by atoms with Crippen molar-refractivity contribution >= 4 is 23.8 Å². The second kappa shape index (κ2) is 9.94. The quantitative estimate of drug-likeness (QED) is 0.198. The van der Waals surface area contributed by atoms with E-state index >= 15 is 0 Å². The molecule has 0 saturated carbocycles. The van der Waals surface area contributed by atoms with Crippen molar-refractivity contribution in [3.8, 4) is 11.5 Å². The summed E-state index contributed by atoms with van der Waals surface area (Å²) in [6.45, 7) is 1.82. The molecule has 162 valence electrons. The summed E-state index contributed by atoms with van der Waals surface area (Å²) in [6.07, 6.45) is 2.86. The highest BCUT2D eigenvalue weighted by molar-refractivity contribution is 5.95. The number of methoxy groups -OCH3 is 1. The lowest BCUT2D eigenvalue weighted by Crippen LogP contribution is -2.17. The number of nitrogens with one attached hydrogen (secondary N) is 1. The molecule has 0 fully saturated rings. The molecule has 0 aliphatic carbocycles. The van der Waals surface area contributed by atoms with Gasteiger partial charge >= 0.3 is 5.97 Å². The van der Waals surface area contributed by atoms with Crippen LogP contribution in [0.25, 0.3) is 0 Å². The molecule has 10 heteroatoms. The van der Waals surface area contributed by atoms with Crippen LogP contribution in [0.4, 0.5) is 5.69 Å². The second-order valence-corrected chi connectivity index (χ2v) is 6.49. The van der Waals surface area contributed by atoms with Gasteiger partial charge in [0.2, 0.25) is 0 Å². The SMILES string of the molecule is COc1cc(C=NNC(=O)c2ccc(C)nc2)ccc1OC(=O)c1ccc([N+](=O)[O-])cc1. The highest BCUT2D eigenvalue weighted by Gasteiger charge is 2.14. The summed E-state index contributed by atoms with van der Waals surface area (Å²) in [4.78, 5) is 38.6. The maximum Gasteiger partial charge on any atom is 0.343 e. The van der Waals surface area contributed by atoms with E-state index in [1.807, 2.05) is 6.92 Å². The topological polar surface area (TPSA) is 133 Å². The van der Waals surface area contributed by atoms with Gasteiger partial charge in [-0.1, -0.05) is 0 Å². The van der Waals surface area contributed by atoms with Crippen LogP contribution in [-0.4, -0.2) is 35.1 Å². The van der Waals surface area contributed by atoms with Crippen LogP contribution in [0.5, 0.6) is 11.5 Å². The van der Waals surface area contributed by atoms with Gasteiger partial charge in [-0.15, -0.1) is 0 Å². The lowest BCUT2D eigenvalue weighted by molar-refractivity contribution is -0.384. The Labute approximate surface area is 182 Å². The molecule has 1 N–H and O–H groups in total. The zero-order valence-corrected chi connectivity index (χ0v) is 17.1. The van der Waals surface area contributed by atoms with E-state index < -0.39 is 16.8 Å². The van der Waals surface area contributed by atoms with Crippen LogP contribution in [0, 0.1) is 17.0 Å². The number of hydrogen-bond donors (Lipinski definition) is 1. The maximum absolute atomic E-state index is 12.3. The predicted octanol–water partition coefficient (Wildman–Crippen LogP) is 3.29. The number of amides is 1. The number of pyridine rings is 1. The largest absolute Gasteiger partial charge is 0.493 e. The molecule has 1 amide bonds. The van der Waals surface area contributed by atoms with Crippen LogP contribution in [0.3, 0.4) is 0 Å². The third kappa shape index (κ3) is 5.51.